The van der Waals surface area contributed by atoms with Gasteiger partial charge in [0.25, 0.3) is 0 Å². The maximum atomic E-state index is 5.05. The Hall–Kier alpha value is -0.186. The summed E-state index contributed by atoms with van der Waals surface area (Å²) in [4.78, 5) is 0. The van der Waals surface area contributed by atoms with E-state index < -0.39 is 0 Å². The van der Waals surface area contributed by atoms with Gasteiger partial charge in [0.15, 0.2) is 0 Å². The molecule has 0 aliphatic rings. The molecule has 0 spiro atoms. The average Bonchev–Trinajstić information content (AvgIpc) is 2.71. The van der Waals surface area contributed by atoms with Gasteiger partial charge in [0.05, 0.1) is 0 Å². The Morgan fingerprint density at radius 1 is 0.429 bits per heavy atom. The number of hydrogen-bond donors (Lipinski definition) is 0. The van der Waals surface area contributed by atoms with Gasteiger partial charge in [-0.1, -0.05) is 128 Å². The largest absolute Gasteiger partial charge is 3.00 e. The fourth-order valence-electron chi connectivity index (χ4n) is 2.17. The van der Waals surface area contributed by atoms with Crippen molar-refractivity contribution in [3.63, 3.8) is 0 Å². The zero-order valence-corrected chi connectivity index (χ0v) is 22.0. The second-order valence-electron chi connectivity index (χ2n) is 6.16. The van der Waals surface area contributed by atoms with E-state index >= 15 is 0 Å². The van der Waals surface area contributed by atoms with Crippen molar-refractivity contribution >= 4 is 37.9 Å². The van der Waals surface area contributed by atoms with Crippen molar-refractivity contribution in [3.05, 3.63) is 108 Å². The van der Waals surface area contributed by atoms with Crippen molar-refractivity contribution in [1.82, 2.24) is 0 Å². The van der Waals surface area contributed by atoms with Gasteiger partial charge >= 0.3 is 32.7 Å². The van der Waals surface area contributed by atoms with Crippen LogP contribution in [-0.2, 0) is 70.6 Å². The Morgan fingerprint density at radius 3 is 0.714 bits per heavy atom. The van der Waals surface area contributed by atoms with Crippen LogP contribution >= 0.6 is 0 Å². The Labute approximate surface area is 213 Å². The Balaban J connectivity index is 0.000000384. The van der Waals surface area contributed by atoms with Crippen LogP contribution in [-0.4, -0.2) is 0 Å². The van der Waals surface area contributed by atoms with Gasteiger partial charge in [0.2, 0.25) is 0 Å². The predicted molar refractivity (Wildman–Crippen MR) is 127 cm³/mol. The first-order valence-electron chi connectivity index (χ1n) is 9.04. The van der Waals surface area contributed by atoms with E-state index in [2.05, 4.69) is 36.4 Å². The molecule has 0 fully saturated rings. The van der Waals surface area contributed by atoms with Gasteiger partial charge in [-0.25, -0.2) is 0 Å². The van der Waals surface area contributed by atoms with E-state index in [1.165, 1.54) is 16.7 Å². The molecule has 3 aromatic carbocycles. The molecule has 0 aromatic heterocycles. The molecule has 3 aromatic rings. The van der Waals surface area contributed by atoms with Crippen molar-refractivity contribution in [1.29, 1.82) is 0 Å². The Morgan fingerprint density at radius 2 is 0.607 bits per heavy atom. The van der Waals surface area contributed by atoms with Crippen molar-refractivity contribution in [2.75, 3.05) is 0 Å². The number of rotatable bonds is 3. The molecule has 0 amide bonds. The molecule has 0 saturated heterocycles. The summed E-state index contributed by atoms with van der Waals surface area (Å²) in [7, 11) is 0. The molecular formula is C24H27S3Y. The van der Waals surface area contributed by atoms with Gasteiger partial charge < -0.3 is 37.9 Å². The molecular weight excluding hydrogens is 473 g/mol. The molecule has 3 unspecified atom stereocenters. The minimum atomic E-state index is 0. The Kier molecular flexibility index (Phi) is 16.5. The van der Waals surface area contributed by atoms with Crippen LogP contribution in [0.1, 0.15) is 53.2 Å². The molecule has 0 bridgehead atoms. The third kappa shape index (κ3) is 12.4. The summed E-state index contributed by atoms with van der Waals surface area (Å²) >= 11 is 15.1. The second kappa shape index (κ2) is 16.6. The van der Waals surface area contributed by atoms with Gasteiger partial charge in [-0.05, 0) is 0 Å². The molecule has 0 aliphatic carbocycles. The van der Waals surface area contributed by atoms with Crippen molar-refractivity contribution < 1.29 is 32.7 Å². The summed E-state index contributed by atoms with van der Waals surface area (Å²) < 4.78 is 0. The third-order valence-corrected chi connectivity index (χ3v) is 4.62. The quantitative estimate of drug-likeness (QED) is 0.360. The van der Waals surface area contributed by atoms with Crippen LogP contribution in [0, 0.1) is 0 Å². The fourth-order valence-corrected chi connectivity index (χ4v) is 2.64. The van der Waals surface area contributed by atoms with E-state index in [1.54, 1.807) is 0 Å². The molecule has 0 saturated carbocycles. The van der Waals surface area contributed by atoms with Gasteiger partial charge in [-0.2, -0.15) is 0 Å². The van der Waals surface area contributed by atoms with E-state index in [4.69, 9.17) is 37.9 Å². The first-order valence-corrected chi connectivity index (χ1v) is 10.5. The molecule has 0 heterocycles. The minimum Gasteiger partial charge on any atom is -0.785 e. The molecule has 0 N–H and O–H groups in total. The van der Waals surface area contributed by atoms with Crippen LogP contribution in [0.2, 0.25) is 0 Å². The van der Waals surface area contributed by atoms with Crippen LogP contribution in [0.5, 0.6) is 0 Å². The number of benzene rings is 3. The minimum absolute atomic E-state index is 0. The molecule has 3 atom stereocenters. The van der Waals surface area contributed by atoms with E-state index in [0.717, 1.165) is 0 Å². The first-order chi connectivity index (χ1) is 12.9. The smallest absolute Gasteiger partial charge is 0.785 e. The molecule has 4 heteroatoms. The van der Waals surface area contributed by atoms with Crippen LogP contribution in [0.4, 0.5) is 0 Å². The fraction of sp³-hybridized carbons (Fsp3) is 0.250. The average molecular weight is 501 g/mol. The maximum Gasteiger partial charge on any atom is 3.00 e. The zero-order valence-electron chi connectivity index (χ0n) is 16.7. The van der Waals surface area contributed by atoms with Gasteiger partial charge in [-0.15, -0.1) is 15.7 Å². The molecule has 28 heavy (non-hydrogen) atoms. The van der Waals surface area contributed by atoms with Crippen LogP contribution < -0.4 is 0 Å². The van der Waals surface area contributed by atoms with Gasteiger partial charge in [0, 0.05) is 0 Å². The van der Waals surface area contributed by atoms with Crippen molar-refractivity contribution in [2.45, 2.75) is 36.5 Å². The normalized spacial score (nSPS) is 12.6. The molecule has 3 rings (SSSR count). The topological polar surface area (TPSA) is 0 Å². The SMILES string of the molecule is CC([S-])c1ccccc1.CC([S-])c1ccccc1.CC([S-])c1ccccc1.[Y+3]. The summed E-state index contributed by atoms with van der Waals surface area (Å²) in [6.07, 6.45) is 0. The summed E-state index contributed by atoms with van der Waals surface area (Å²) in [5.74, 6) is 0. The molecule has 0 nitrogen and oxygen atoms in total. The van der Waals surface area contributed by atoms with E-state index in [9.17, 15) is 0 Å². The summed E-state index contributed by atoms with van der Waals surface area (Å²) in [5, 5.41) is 0.726. The Bertz CT molecular complexity index is 611. The summed E-state index contributed by atoms with van der Waals surface area (Å²) in [5.41, 5.74) is 3.69. The predicted octanol–water partition coefficient (Wildman–Crippen LogP) is 6.88. The second-order valence-corrected chi connectivity index (χ2v) is 8.28. The van der Waals surface area contributed by atoms with Crippen LogP contribution in [0.25, 0.3) is 0 Å². The van der Waals surface area contributed by atoms with E-state index in [-0.39, 0.29) is 48.5 Å². The standard InChI is InChI=1S/3C8H10S.Y/c3*1-7(9)8-5-3-2-4-6-8;/h3*2-7,9H,1H3;/q;;;+3/p-3. The molecule has 0 aliphatic heterocycles. The van der Waals surface area contributed by atoms with Crippen molar-refractivity contribution in [3.8, 4) is 0 Å². The maximum absolute atomic E-state index is 5.05. The number of hydrogen-bond acceptors (Lipinski definition) is 3. The van der Waals surface area contributed by atoms with E-state index in [0.29, 0.717) is 0 Å². The zero-order chi connectivity index (χ0) is 20.1. The van der Waals surface area contributed by atoms with Gasteiger partial charge in [0.1, 0.15) is 0 Å². The van der Waals surface area contributed by atoms with Crippen LogP contribution in [0.15, 0.2) is 91.0 Å². The molecule has 0 radical (unpaired) electrons. The van der Waals surface area contributed by atoms with Crippen LogP contribution in [0.3, 0.4) is 0 Å². The van der Waals surface area contributed by atoms with E-state index in [1.807, 2.05) is 75.4 Å². The first kappa shape index (κ1) is 27.8. The van der Waals surface area contributed by atoms with Crippen molar-refractivity contribution in [2.24, 2.45) is 0 Å². The monoisotopic (exact) mass is 500 g/mol. The third-order valence-electron chi connectivity index (χ3n) is 3.81. The van der Waals surface area contributed by atoms with Gasteiger partial charge in [-0.3, -0.25) is 0 Å². The molecule has 144 valence electrons. The summed E-state index contributed by atoms with van der Waals surface area (Å²) in [6.45, 7) is 6.06. The summed E-state index contributed by atoms with van der Waals surface area (Å²) in [6, 6.07) is 30.4.